The van der Waals surface area contributed by atoms with Crippen LogP contribution in [0.25, 0.3) is 0 Å². The van der Waals surface area contributed by atoms with Gasteiger partial charge in [-0.25, -0.2) is 0 Å². The highest BCUT2D eigenvalue weighted by molar-refractivity contribution is 5.74. The molecular formula is C15H25NO3. The van der Waals surface area contributed by atoms with E-state index in [1.807, 2.05) is 0 Å². The van der Waals surface area contributed by atoms with Crippen molar-refractivity contribution in [1.82, 2.24) is 4.90 Å². The van der Waals surface area contributed by atoms with Crippen molar-refractivity contribution in [1.29, 1.82) is 0 Å². The van der Waals surface area contributed by atoms with Crippen LogP contribution in [0.1, 0.15) is 44.9 Å². The lowest BCUT2D eigenvalue weighted by atomic mass is 9.84. The Morgan fingerprint density at radius 1 is 1.21 bits per heavy atom. The fourth-order valence-corrected chi connectivity index (χ4v) is 4.31. The van der Waals surface area contributed by atoms with E-state index in [0.717, 1.165) is 32.6 Å². The molecule has 1 N–H and O–H groups in total. The molecule has 0 radical (unpaired) electrons. The van der Waals surface area contributed by atoms with Crippen molar-refractivity contribution >= 4 is 5.97 Å². The molecule has 4 nitrogen and oxygen atoms in total. The monoisotopic (exact) mass is 267 g/mol. The molecular weight excluding hydrogens is 242 g/mol. The zero-order valence-corrected chi connectivity index (χ0v) is 11.6. The minimum absolute atomic E-state index is 0.241. The summed E-state index contributed by atoms with van der Waals surface area (Å²) in [5, 5.41) is 9.49. The highest BCUT2D eigenvalue weighted by atomic mass is 16.5. The molecule has 3 aliphatic rings. The van der Waals surface area contributed by atoms with Gasteiger partial charge in [-0.15, -0.1) is 0 Å². The second-order valence-corrected chi connectivity index (χ2v) is 6.48. The van der Waals surface area contributed by atoms with Gasteiger partial charge in [0.25, 0.3) is 0 Å². The SMILES string of the molecule is O=C(O)C1CC2CCCCC2N1CC1CCCOC1. The van der Waals surface area contributed by atoms with E-state index >= 15 is 0 Å². The molecule has 0 spiro atoms. The number of carbonyl (C=O) groups is 1. The molecule has 3 rings (SSSR count). The lowest BCUT2D eigenvalue weighted by Gasteiger charge is -2.36. The predicted molar refractivity (Wildman–Crippen MR) is 72.0 cm³/mol. The summed E-state index contributed by atoms with van der Waals surface area (Å²) in [6.07, 6.45) is 8.17. The number of carboxylic acids is 1. The van der Waals surface area contributed by atoms with E-state index in [0.29, 0.717) is 17.9 Å². The van der Waals surface area contributed by atoms with Crippen LogP contribution in [0, 0.1) is 11.8 Å². The van der Waals surface area contributed by atoms with Gasteiger partial charge in [0.15, 0.2) is 0 Å². The number of aliphatic carboxylic acids is 1. The Morgan fingerprint density at radius 3 is 2.79 bits per heavy atom. The minimum Gasteiger partial charge on any atom is -0.480 e. The summed E-state index contributed by atoms with van der Waals surface area (Å²) in [5.41, 5.74) is 0. The van der Waals surface area contributed by atoms with E-state index in [-0.39, 0.29) is 6.04 Å². The van der Waals surface area contributed by atoms with Crippen molar-refractivity contribution in [2.24, 2.45) is 11.8 Å². The Morgan fingerprint density at radius 2 is 2.05 bits per heavy atom. The molecule has 2 heterocycles. The summed E-state index contributed by atoms with van der Waals surface area (Å²) in [7, 11) is 0. The van der Waals surface area contributed by atoms with Gasteiger partial charge in [0.2, 0.25) is 0 Å². The van der Waals surface area contributed by atoms with Crippen LogP contribution in [-0.2, 0) is 9.53 Å². The predicted octanol–water partition coefficient (Wildman–Crippen LogP) is 2.13. The normalized spacial score (nSPS) is 40.0. The second-order valence-electron chi connectivity index (χ2n) is 6.48. The average Bonchev–Trinajstić information content (AvgIpc) is 2.79. The first kappa shape index (κ1) is 13.4. The van der Waals surface area contributed by atoms with Gasteiger partial charge in [-0.3, -0.25) is 9.69 Å². The molecule has 0 aromatic rings. The van der Waals surface area contributed by atoms with Crippen LogP contribution in [0.5, 0.6) is 0 Å². The number of ether oxygens (including phenoxy) is 1. The third kappa shape index (κ3) is 2.79. The largest absolute Gasteiger partial charge is 0.480 e. The van der Waals surface area contributed by atoms with Crippen molar-refractivity contribution < 1.29 is 14.6 Å². The van der Waals surface area contributed by atoms with Crippen LogP contribution in [-0.4, -0.2) is 47.8 Å². The van der Waals surface area contributed by atoms with E-state index in [1.165, 1.54) is 32.1 Å². The summed E-state index contributed by atoms with van der Waals surface area (Å²) in [6.45, 7) is 2.63. The third-order valence-corrected chi connectivity index (χ3v) is 5.23. The molecule has 2 saturated heterocycles. The van der Waals surface area contributed by atoms with E-state index in [1.54, 1.807) is 0 Å². The molecule has 1 saturated carbocycles. The minimum atomic E-state index is -0.619. The van der Waals surface area contributed by atoms with Crippen LogP contribution in [0.4, 0.5) is 0 Å². The Labute approximate surface area is 115 Å². The molecule has 4 unspecified atom stereocenters. The molecule has 0 bridgehead atoms. The van der Waals surface area contributed by atoms with E-state index < -0.39 is 5.97 Å². The van der Waals surface area contributed by atoms with Crippen molar-refractivity contribution in [3.8, 4) is 0 Å². The third-order valence-electron chi connectivity index (χ3n) is 5.23. The Balaban J connectivity index is 1.69. The van der Waals surface area contributed by atoms with E-state index in [9.17, 15) is 9.90 Å². The number of rotatable bonds is 3. The fourth-order valence-electron chi connectivity index (χ4n) is 4.31. The highest BCUT2D eigenvalue weighted by Gasteiger charge is 2.45. The Hall–Kier alpha value is -0.610. The first-order valence-corrected chi connectivity index (χ1v) is 7.82. The van der Waals surface area contributed by atoms with Gasteiger partial charge in [-0.2, -0.15) is 0 Å². The fraction of sp³-hybridized carbons (Fsp3) is 0.933. The maximum atomic E-state index is 11.5. The molecule has 4 heteroatoms. The zero-order chi connectivity index (χ0) is 13.2. The summed E-state index contributed by atoms with van der Waals surface area (Å²) < 4.78 is 5.55. The smallest absolute Gasteiger partial charge is 0.320 e. The van der Waals surface area contributed by atoms with Crippen LogP contribution >= 0.6 is 0 Å². The molecule has 108 valence electrons. The van der Waals surface area contributed by atoms with Crippen molar-refractivity contribution in [3.05, 3.63) is 0 Å². The maximum Gasteiger partial charge on any atom is 0.320 e. The molecule has 19 heavy (non-hydrogen) atoms. The lowest BCUT2D eigenvalue weighted by molar-refractivity contribution is -0.143. The number of likely N-dealkylation sites (tertiary alicyclic amines) is 1. The topological polar surface area (TPSA) is 49.8 Å². The number of hydrogen-bond acceptors (Lipinski definition) is 3. The molecule has 0 aromatic heterocycles. The highest BCUT2D eigenvalue weighted by Crippen LogP contribution is 2.40. The number of nitrogens with zero attached hydrogens (tertiary/aromatic N) is 1. The number of carboxylic acid groups (broad SMARTS) is 1. The van der Waals surface area contributed by atoms with Crippen LogP contribution in [0.15, 0.2) is 0 Å². The molecule has 0 aromatic carbocycles. The number of fused-ring (bicyclic) bond motifs is 1. The Bertz CT molecular complexity index is 327. The molecule has 1 aliphatic carbocycles. The van der Waals surface area contributed by atoms with Gasteiger partial charge in [0.1, 0.15) is 6.04 Å². The van der Waals surface area contributed by atoms with Gasteiger partial charge in [-0.05, 0) is 43.9 Å². The average molecular weight is 267 g/mol. The summed E-state index contributed by atoms with van der Waals surface area (Å²) in [6, 6.07) is 0.284. The zero-order valence-electron chi connectivity index (χ0n) is 11.6. The first-order chi connectivity index (χ1) is 9.25. The summed E-state index contributed by atoms with van der Waals surface area (Å²) >= 11 is 0. The van der Waals surface area contributed by atoms with Crippen LogP contribution < -0.4 is 0 Å². The number of hydrogen-bond donors (Lipinski definition) is 1. The van der Waals surface area contributed by atoms with E-state index in [4.69, 9.17) is 4.74 Å². The van der Waals surface area contributed by atoms with Crippen molar-refractivity contribution in [3.63, 3.8) is 0 Å². The first-order valence-electron chi connectivity index (χ1n) is 7.82. The van der Waals surface area contributed by atoms with Gasteiger partial charge in [0, 0.05) is 19.2 Å². The molecule has 2 aliphatic heterocycles. The van der Waals surface area contributed by atoms with Gasteiger partial charge in [0.05, 0.1) is 6.61 Å². The maximum absolute atomic E-state index is 11.5. The molecule has 0 amide bonds. The molecule has 4 atom stereocenters. The van der Waals surface area contributed by atoms with Gasteiger partial charge in [-0.1, -0.05) is 12.8 Å². The lowest BCUT2D eigenvalue weighted by Crippen LogP contribution is -2.46. The van der Waals surface area contributed by atoms with Gasteiger partial charge >= 0.3 is 5.97 Å². The van der Waals surface area contributed by atoms with Crippen LogP contribution in [0.2, 0.25) is 0 Å². The van der Waals surface area contributed by atoms with Crippen molar-refractivity contribution in [2.75, 3.05) is 19.8 Å². The summed E-state index contributed by atoms with van der Waals surface area (Å²) in [4.78, 5) is 13.8. The molecule has 3 fully saturated rings. The van der Waals surface area contributed by atoms with Gasteiger partial charge < -0.3 is 9.84 Å². The Kier molecular flexibility index (Phi) is 4.08. The van der Waals surface area contributed by atoms with Crippen molar-refractivity contribution in [2.45, 2.75) is 57.0 Å². The quantitative estimate of drug-likeness (QED) is 0.851. The van der Waals surface area contributed by atoms with Crippen LogP contribution in [0.3, 0.4) is 0 Å². The van der Waals surface area contributed by atoms with E-state index in [2.05, 4.69) is 4.90 Å². The standard InChI is InChI=1S/C15H25NO3/c17-15(18)14-8-12-5-1-2-6-13(12)16(14)9-11-4-3-7-19-10-11/h11-14H,1-10H2,(H,17,18). The second kappa shape index (κ2) is 5.80. The summed E-state index contributed by atoms with van der Waals surface area (Å²) in [5.74, 6) is 0.543.